The predicted octanol–water partition coefficient (Wildman–Crippen LogP) is 4.19. The molecule has 0 aromatic carbocycles. The third kappa shape index (κ3) is 5.69. The number of alkyl halides is 3. The number of anilines is 1. The van der Waals surface area contributed by atoms with E-state index in [0.717, 1.165) is 6.07 Å². The second-order valence-corrected chi connectivity index (χ2v) is 6.05. The molecule has 0 aliphatic heterocycles. The number of hydrogen-bond acceptors (Lipinski definition) is 9. The Morgan fingerprint density at radius 2 is 1.81 bits per heavy atom. The third-order valence-corrected chi connectivity index (χ3v) is 3.89. The van der Waals surface area contributed by atoms with Crippen molar-refractivity contribution in [2.24, 2.45) is 5.10 Å². The summed E-state index contributed by atoms with van der Waals surface area (Å²) in [5.41, 5.74) is 1.76. The first kappa shape index (κ1) is 22.0. The zero-order chi connectivity index (χ0) is 22.4. The molecule has 0 aliphatic carbocycles. The van der Waals surface area contributed by atoms with Crippen LogP contribution < -0.4 is 19.6 Å². The van der Waals surface area contributed by atoms with E-state index < -0.39 is 11.7 Å². The SMILES string of the molecule is COc1cc(OC)nc(Oc2cccnc2/C=N/Nc2ncc(C(F)(F)F)cc2Cl)n1. The van der Waals surface area contributed by atoms with Crippen molar-refractivity contribution in [2.45, 2.75) is 6.18 Å². The van der Waals surface area contributed by atoms with Gasteiger partial charge < -0.3 is 14.2 Å². The fourth-order valence-electron chi connectivity index (χ4n) is 2.15. The van der Waals surface area contributed by atoms with Crippen molar-refractivity contribution < 1.29 is 27.4 Å². The molecule has 0 saturated carbocycles. The number of hydrazone groups is 1. The van der Waals surface area contributed by atoms with Crippen LogP contribution in [-0.4, -0.2) is 40.4 Å². The van der Waals surface area contributed by atoms with Crippen molar-refractivity contribution in [1.82, 2.24) is 19.9 Å². The summed E-state index contributed by atoms with van der Waals surface area (Å²) in [6.45, 7) is 0. The van der Waals surface area contributed by atoms with Crippen LogP contribution >= 0.6 is 11.6 Å². The molecule has 3 aromatic rings. The predicted molar refractivity (Wildman–Crippen MR) is 105 cm³/mol. The lowest BCUT2D eigenvalue weighted by atomic mass is 10.3. The van der Waals surface area contributed by atoms with Gasteiger partial charge in [-0.3, -0.25) is 10.4 Å². The second-order valence-electron chi connectivity index (χ2n) is 5.65. The van der Waals surface area contributed by atoms with Crippen LogP contribution in [-0.2, 0) is 6.18 Å². The molecule has 3 rings (SSSR count). The topological polar surface area (TPSA) is 104 Å². The van der Waals surface area contributed by atoms with E-state index in [-0.39, 0.29) is 40.1 Å². The molecule has 0 saturated heterocycles. The van der Waals surface area contributed by atoms with Crippen molar-refractivity contribution in [3.8, 4) is 23.5 Å². The van der Waals surface area contributed by atoms with Crippen LogP contribution in [0, 0.1) is 0 Å². The molecule has 1 N–H and O–H groups in total. The quantitative estimate of drug-likeness (QED) is 0.418. The van der Waals surface area contributed by atoms with Crippen molar-refractivity contribution in [2.75, 3.05) is 19.6 Å². The first-order chi connectivity index (χ1) is 14.8. The lowest BCUT2D eigenvalue weighted by molar-refractivity contribution is -0.137. The summed E-state index contributed by atoms with van der Waals surface area (Å²) in [6, 6.07) is 5.37. The summed E-state index contributed by atoms with van der Waals surface area (Å²) >= 11 is 5.83. The van der Waals surface area contributed by atoms with Gasteiger partial charge in [0, 0.05) is 12.4 Å². The molecule has 162 valence electrons. The molecule has 0 unspecified atom stereocenters. The van der Waals surface area contributed by atoms with Gasteiger partial charge in [-0.25, -0.2) is 4.98 Å². The zero-order valence-corrected chi connectivity index (χ0v) is 16.8. The molecular weight excluding hydrogens is 441 g/mol. The molecular formula is C18H14ClF3N6O3. The number of ether oxygens (including phenoxy) is 3. The highest BCUT2D eigenvalue weighted by atomic mass is 35.5. The number of hydrogen-bond donors (Lipinski definition) is 1. The number of methoxy groups -OCH3 is 2. The molecule has 0 aliphatic rings. The van der Waals surface area contributed by atoms with Crippen LogP contribution in [0.1, 0.15) is 11.3 Å². The van der Waals surface area contributed by atoms with E-state index >= 15 is 0 Å². The van der Waals surface area contributed by atoms with E-state index in [9.17, 15) is 13.2 Å². The molecule has 9 nitrogen and oxygen atoms in total. The van der Waals surface area contributed by atoms with Crippen LogP contribution in [0.25, 0.3) is 0 Å². The first-order valence-corrected chi connectivity index (χ1v) is 8.79. The van der Waals surface area contributed by atoms with Gasteiger partial charge in [0.2, 0.25) is 11.8 Å². The Balaban J connectivity index is 1.78. The summed E-state index contributed by atoms with van der Waals surface area (Å²) in [7, 11) is 2.86. The van der Waals surface area contributed by atoms with Gasteiger partial charge in [0.1, 0.15) is 5.69 Å². The van der Waals surface area contributed by atoms with Gasteiger partial charge in [-0.05, 0) is 18.2 Å². The van der Waals surface area contributed by atoms with E-state index in [4.69, 9.17) is 25.8 Å². The Bertz CT molecular complexity index is 1080. The van der Waals surface area contributed by atoms with Crippen LogP contribution in [0.2, 0.25) is 5.02 Å². The van der Waals surface area contributed by atoms with Gasteiger partial charge in [-0.2, -0.15) is 28.2 Å². The fourth-order valence-corrected chi connectivity index (χ4v) is 2.36. The lowest BCUT2D eigenvalue weighted by Crippen LogP contribution is -2.06. The number of nitrogens with one attached hydrogen (secondary N) is 1. The highest BCUT2D eigenvalue weighted by molar-refractivity contribution is 6.32. The molecule has 0 spiro atoms. The molecule has 0 fully saturated rings. The molecule has 0 bridgehead atoms. The Hall–Kier alpha value is -3.67. The minimum atomic E-state index is -4.55. The van der Waals surface area contributed by atoms with Gasteiger partial charge in [0.05, 0.1) is 37.1 Å². The lowest BCUT2D eigenvalue weighted by Gasteiger charge is -2.09. The van der Waals surface area contributed by atoms with Crippen LogP contribution in [0.5, 0.6) is 23.5 Å². The van der Waals surface area contributed by atoms with E-state index in [2.05, 4.69) is 30.5 Å². The second kappa shape index (κ2) is 9.43. The van der Waals surface area contributed by atoms with Gasteiger partial charge in [-0.15, -0.1) is 0 Å². The van der Waals surface area contributed by atoms with Gasteiger partial charge >= 0.3 is 12.2 Å². The van der Waals surface area contributed by atoms with Crippen molar-refractivity contribution in [1.29, 1.82) is 0 Å². The number of rotatable bonds is 7. The van der Waals surface area contributed by atoms with Gasteiger partial charge in [0.15, 0.2) is 11.6 Å². The number of halogens is 4. The average molecular weight is 455 g/mol. The molecule has 0 radical (unpaired) electrons. The average Bonchev–Trinajstić information content (AvgIpc) is 2.75. The minimum absolute atomic E-state index is 0.0562. The van der Waals surface area contributed by atoms with Crippen LogP contribution in [0.4, 0.5) is 19.0 Å². The van der Waals surface area contributed by atoms with E-state index in [1.165, 1.54) is 32.7 Å². The fraction of sp³-hybridized carbons (Fsp3) is 0.167. The summed E-state index contributed by atoms with van der Waals surface area (Å²) < 4.78 is 53.9. The Kier molecular flexibility index (Phi) is 6.70. The molecule has 0 atom stereocenters. The van der Waals surface area contributed by atoms with Crippen LogP contribution in [0.3, 0.4) is 0 Å². The maximum absolute atomic E-state index is 12.7. The molecule has 13 heteroatoms. The Labute approximate surface area is 178 Å². The van der Waals surface area contributed by atoms with Crippen molar-refractivity contribution in [3.63, 3.8) is 0 Å². The molecule has 31 heavy (non-hydrogen) atoms. The smallest absolute Gasteiger partial charge is 0.417 e. The first-order valence-electron chi connectivity index (χ1n) is 8.42. The van der Waals surface area contributed by atoms with Crippen LogP contribution in [0.15, 0.2) is 41.8 Å². The molecule has 0 amide bonds. The third-order valence-electron chi connectivity index (χ3n) is 3.60. The summed E-state index contributed by atoms with van der Waals surface area (Å²) in [5, 5.41) is 3.65. The Morgan fingerprint density at radius 3 is 2.42 bits per heavy atom. The van der Waals surface area contributed by atoms with Gasteiger partial charge in [0.25, 0.3) is 0 Å². The number of aromatic nitrogens is 4. The van der Waals surface area contributed by atoms with Gasteiger partial charge in [-0.1, -0.05) is 11.6 Å². The normalized spacial score (nSPS) is 11.4. The van der Waals surface area contributed by atoms with Crippen molar-refractivity contribution in [3.05, 3.63) is 52.9 Å². The summed E-state index contributed by atoms with van der Waals surface area (Å²) in [6.07, 6.45) is -1.15. The van der Waals surface area contributed by atoms with E-state index in [1.54, 1.807) is 12.1 Å². The number of nitrogens with zero attached hydrogens (tertiary/aromatic N) is 5. The molecule has 3 heterocycles. The molecule has 3 aromatic heterocycles. The van der Waals surface area contributed by atoms with Crippen molar-refractivity contribution >= 4 is 23.6 Å². The monoisotopic (exact) mass is 454 g/mol. The van der Waals surface area contributed by atoms with E-state index in [1.807, 2.05) is 0 Å². The standard InChI is InChI=1S/C18H14ClF3N6O3/c1-29-14-7-15(30-2)27-17(26-14)31-13-4-3-5-23-12(13)9-25-28-16-11(19)6-10(8-24-16)18(20,21)22/h3-9H,1-2H3,(H,24,28)/b25-9+. The summed E-state index contributed by atoms with van der Waals surface area (Å²) in [5.74, 6) is 0.635. The Morgan fingerprint density at radius 1 is 1.10 bits per heavy atom. The largest absolute Gasteiger partial charge is 0.481 e. The maximum Gasteiger partial charge on any atom is 0.417 e. The minimum Gasteiger partial charge on any atom is -0.481 e. The highest BCUT2D eigenvalue weighted by Crippen LogP contribution is 2.32. The highest BCUT2D eigenvalue weighted by Gasteiger charge is 2.31. The number of pyridine rings is 2. The maximum atomic E-state index is 12.7. The summed E-state index contributed by atoms with van der Waals surface area (Å²) in [4.78, 5) is 15.9. The zero-order valence-electron chi connectivity index (χ0n) is 16.0. The van der Waals surface area contributed by atoms with E-state index in [0.29, 0.717) is 6.20 Å².